The highest BCUT2D eigenvalue weighted by atomic mass is 16.3. The minimum absolute atomic E-state index is 0.223. The SMILES string of the molecule is Nc1cnc2ccccc2c1N1CCCN(CCO)CC1. The first-order valence-corrected chi connectivity index (χ1v) is 7.51. The second-order valence-electron chi connectivity index (χ2n) is 5.49. The number of fused-ring (bicyclic) bond motifs is 1. The number of hydrogen-bond acceptors (Lipinski definition) is 5. The number of benzene rings is 1. The van der Waals surface area contributed by atoms with Crippen molar-refractivity contribution < 1.29 is 5.11 Å². The number of β-amino-alcohol motifs (C(OH)–C–C–N with tert-alkyl or cyclic N) is 1. The van der Waals surface area contributed by atoms with E-state index < -0.39 is 0 Å². The van der Waals surface area contributed by atoms with Crippen LogP contribution in [0.1, 0.15) is 6.42 Å². The van der Waals surface area contributed by atoms with E-state index in [-0.39, 0.29) is 6.61 Å². The molecule has 0 unspecified atom stereocenters. The van der Waals surface area contributed by atoms with Crippen molar-refractivity contribution in [1.29, 1.82) is 0 Å². The Labute approximate surface area is 125 Å². The number of aromatic nitrogens is 1. The van der Waals surface area contributed by atoms with Crippen molar-refractivity contribution in [1.82, 2.24) is 9.88 Å². The van der Waals surface area contributed by atoms with Gasteiger partial charge in [0.2, 0.25) is 0 Å². The first-order chi connectivity index (χ1) is 10.3. The molecule has 1 aromatic heterocycles. The lowest BCUT2D eigenvalue weighted by Gasteiger charge is -2.26. The second kappa shape index (κ2) is 6.28. The summed E-state index contributed by atoms with van der Waals surface area (Å²) < 4.78 is 0. The Kier molecular flexibility index (Phi) is 4.22. The summed E-state index contributed by atoms with van der Waals surface area (Å²) in [7, 11) is 0. The maximum Gasteiger partial charge on any atom is 0.0745 e. The number of aliphatic hydroxyl groups is 1. The van der Waals surface area contributed by atoms with Crippen LogP contribution in [0.5, 0.6) is 0 Å². The van der Waals surface area contributed by atoms with Gasteiger partial charge in [0.1, 0.15) is 0 Å². The van der Waals surface area contributed by atoms with E-state index in [4.69, 9.17) is 10.8 Å². The van der Waals surface area contributed by atoms with E-state index in [0.29, 0.717) is 0 Å². The van der Waals surface area contributed by atoms with Crippen molar-refractivity contribution in [2.24, 2.45) is 0 Å². The van der Waals surface area contributed by atoms with E-state index in [0.717, 1.165) is 61.4 Å². The molecular formula is C16H22N4O. The zero-order valence-corrected chi connectivity index (χ0v) is 12.2. The second-order valence-corrected chi connectivity index (χ2v) is 5.49. The van der Waals surface area contributed by atoms with Crippen molar-refractivity contribution >= 4 is 22.3 Å². The first-order valence-electron chi connectivity index (χ1n) is 7.51. The number of anilines is 2. The summed E-state index contributed by atoms with van der Waals surface area (Å²) in [5.41, 5.74) is 9.03. The summed E-state index contributed by atoms with van der Waals surface area (Å²) in [6.07, 6.45) is 2.84. The fraction of sp³-hybridized carbons (Fsp3) is 0.438. The van der Waals surface area contributed by atoms with Gasteiger partial charge in [-0.25, -0.2) is 0 Å². The Morgan fingerprint density at radius 2 is 2.00 bits per heavy atom. The number of nitrogen functional groups attached to an aromatic ring is 1. The molecule has 1 saturated heterocycles. The van der Waals surface area contributed by atoms with E-state index in [1.165, 1.54) is 0 Å². The zero-order chi connectivity index (χ0) is 14.7. The van der Waals surface area contributed by atoms with Crippen LogP contribution in [0.4, 0.5) is 11.4 Å². The maximum atomic E-state index is 9.10. The Bertz CT molecular complexity index is 616. The summed E-state index contributed by atoms with van der Waals surface area (Å²) in [5, 5.41) is 10.2. The fourth-order valence-corrected chi connectivity index (χ4v) is 3.05. The summed E-state index contributed by atoms with van der Waals surface area (Å²) in [6, 6.07) is 8.14. The van der Waals surface area contributed by atoms with E-state index in [1.807, 2.05) is 18.2 Å². The van der Waals surface area contributed by atoms with Gasteiger partial charge >= 0.3 is 0 Å². The van der Waals surface area contributed by atoms with E-state index in [2.05, 4.69) is 20.9 Å². The van der Waals surface area contributed by atoms with Crippen LogP contribution in [0.2, 0.25) is 0 Å². The van der Waals surface area contributed by atoms with Gasteiger partial charge in [-0.15, -0.1) is 0 Å². The number of nitrogens with two attached hydrogens (primary N) is 1. The van der Waals surface area contributed by atoms with Gasteiger partial charge in [-0.3, -0.25) is 9.88 Å². The summed E-state index contributed by atoms with van der Waals surface area (Å²) in [5.74, 6) is 0. The molecule has 3 N–H and O–H groups in total. The third kappa shape index (κ3) is 2.94. The molecule has 0 amide bonds. The molecule has 0 spiro atoms. The van der Waals surface area contributed by atoms with E-state index in [1.54, 1.807) is 6.20 Å². The van der Waals surface area contributed by atoms with Crippen LogP contribution in [0.15, 0.2) is 30.5 Å². The molecule has 3 rings (SSSR count). The molecule has 2 heterocycles. The molecule has 2 aromatic rings. The molecule has 0 aliphatic carbocycles. The highest BCUT2D eigenvalue weighted by molar-refractivity contribution is 5.97. The van der Waals surface area contributed by atoms with Gasteiger partial charge in [0, 0.05) is 31.6 Å². The minimum Gasteiger partial charge on any atom is -0.396 e. The average molecular weight is 286 g/mol. The third-order valence-corrected chi connectivity index (χ3v) is 4.10. The molecule has 0 radical (unpaired) electrons. The largest absolute Gasteiger partial charge is 0.396 e. The molecule has 21 heavy (non-hydrogen) atoms. The van der Waals surface area contributed by atoms with E-state index in [9.17, 15) is 0 Å². The standard InChI is InChI=1S/C16H22N4O/c17-14-12-18-15-5-2-1-4-13(15)16(14)20-7-3-6-19(8-9-20)10-11-21/h1-2,4-5,12,21H,3,6-11,17H2. The number of rotatable bonds is 3. The smallest absolute Gasteiger partial charge is 0.0745 e. The van der Waals surface area contributed by atoms with Gasteiger partial charge in [0.25, 0.3) is 0 Å². The normalized spacial score (nSPS) is 17.1. The molecule has 1 aliphatic heterocycles. The Morgan fingerprint density at radius 1 is 1.14 bits per heavy atom. The summed E-state index contributed by atoms with van der Waals surface area (Å²) >= 11 is 0. The Hall–Kier alpha value is -1.85. The van der Waals surface area contributed by atoms with Gasteiger partial charge in [-0.2, -0.15) is 0 Å². The number of aliphatic hydroxyl groups excluding tert-OH is 1. The highest BCUT2D eigenvalue weighted by Crippen LogP contribution is 2.31. The predicted octanol–water partition coefficient (Wildman–Crippen LogP) is 1.32. The molecular weight excluding hydrogens is 264 g/mol. The third-order valence-electron chi connectivity index (χ3n) is 4.10. The average Bonchev–Trinajstić information content (AvgIpc) is 2.73. The fourth-order valence-electron chi connectivity index (χ4n) is 3.05. The van der Waals surface area contributed by atoms with Crippen LogP contribution in [0.25, 0.3) is 10.9 Å². The minimum atomic E-state index is 0.223. The lowest BCUT2D eigenvalue weighted by Crippen LogP contribution is -2.32. The van der Waals surface area contributed by atoms with Gasteiger partial charge in [-0.05, 0) is 19.0 Å². The monoisotopic (exact) mass is 286 g/mol. The molecule has 5 heteroatoms. The van der Waals surface area contributed by atoms with Gasteiger partial charge in [-0.1, -0.05) is 18.2 Å². The molecule has 112 valence electrons. The lowest BCUT2D eigenvalue weighted by molar-refractivity contribution is 0.204. The first kappa shape index (κ1) is 14.1. The molecule has 5 nitrogen and oxygen atoms in total. The van der Waals surface area contributed by atoms with Crippen molar-refractivity contribution in [3.63, 3.8) is 0 Å². The van der Waals surface area contributed by atoms with Gasteiger partial charge < -0.3 is 15.7 Å². The van der Waals surface area contributed by atoms with Crippen LogP contribution in [-0.4, -0.2) is 54.3 Å². The molecule has 1 aliphatic rings. The van der Waals surface area contributed by atoms with Crippen LogP contribution in [0.3, 0.4) is 0 Å². The van der Waals surface area contributed by atoms with E-state index >= 15 is 0 Å². The summed E-state index contributed by atoms with van der Waals surface area (Å²) in [6.45, 7) is 4.87. The molecule has 1 aromatic carbocycles. The van der Waals surface area contributed by atoms with Crippen LogP contribution < -0.4 is 10.6 Å². The van der Waals surface area contributed by atoms with Crippen molar-refractivity contribution in [2.45, 2.75) is 6.42 Å². The molecule has 0 atom stereocenters. The Balaban J connectivity index is 1.91. The quantitative estimate of drug-likeness (QED) is 0.891. The molecule has 0 saturated carbocycles. The van der Waals surface area contributed by atoms with Crippen molar-refractivity contribution in [3.05, 3.63) is 30.5 Å². The van der Waals surface area contributed by atoms with Crippen molar-refractivity contribution in [2.75, 3.05) is 50.0 Å². The van der Waals surface area contributed by atoms with Crippen LogP contribution in [0, 0.1) is 0 Å². The number of pyridine rings is 1. The summed E-state index contributed by atoms with van der Waals surface area (Å²) in [4.78, 5) is 9.07. The number of nitrogens with zero attached hydrogens (tertiary/aromatic N) is 3. The molecule has 1 fully saturated rings. The zero-order valence-electron chi connectivity index (χ0n) is 12.2. The molecule has 0 bridgehead atoms. The van der Waals surface area contributed by atoms with Crippen LogP contribution in [-0.2, 0) is 0 Å². The van der Waals surface area contributed by atoms with Crippen LogP contribution >= 0.6 is 0 Å². The maximum absolute atomic E-state index is 9.10. The Morgan fingerprint density at radius 3 is 2.86 bits per heavy atom. The van der Waals surface area contributed by atoms with Gasteiger partial charge in [0.15, 0.2) is 0 Å². The van der Waals surface area contributed by atoms with Gasteiger partial charge in [0.05, 0.1) is 29.7 Å². The van der Waals surface area contributed by atoms with Crippen molar-refractivity contribution in [3.8, 4) is 0 Å². The number of para-hydroxylation sites is 1. The number of hydrogen-bond donors (Lipinski definition) is 2. The predicted molar refractivity (Wildman–Crippen MR) is 86.5 cm³/mol. The highest BCUT2D eigenvalue weighted by Gasteiger charge is 2.18. The topological polar surface area (TPSA) is 65.6 Å². The lowest BCUT2D eigenvalue weighted by atomic mass is 10.1.